The molecular formula is C24H29N3O3S2. The van der Waals surface area contributed by atoms with Crippen LogP contribution in [-0.2, 0) is 17.1 Å². The van der Waals surface area contributed by atoms with E-state index in [2.05, 4.69) is 31.0 Å². The Labute approximate surface area is 193 Å². The summed E-state index contributed by atoms with van der Waals surface area (Å²) in [5, 5.41) is 0. The monoisotopic (exact) mass is 471 g/mol. The highest BCUT2D eigenvalue weighted by atomic mass is 32.2. The first-order chi connectivity index (χ1) is 15.2. The van der Waals surface area contributed by atoms with E-state index in [-0.39, 0.29) is 16.8 Å². The molecule has 1 heterocycles. The normalized spacial score (nSPS) is 16.2. The molecule has 0 radical (unpaired) electrons. The third kappa shape index (κ3) is 4.31. The van der Waals surface area contributed by atoms with E-state index >= 15 is 0 Å². The van der Waals surface area contributed by atoms with Crippen LogP contribution in [0, 0.1) is 13.8 Å². The lowest BCUT2D eigenvalue weighted by molar-refractivity contribution is 0.0998. The van der Waals surface area contributed by atoms with Crippen molar-refractivity contribution in [3.05, 3.63) is 57.9 Å². The summed E-state index contributed by atoms with van der Waals surface area (Å²) < 4.78 is 30.6. The maximum absolute atomic E-state index is 13.0. The molecule has 0 atom stereocenters. The van der Waals surface area contributed by atoms with Gasteiger partial charge in [0, 0.05) is 25.7 Å². The van der Waals surface area contributed by atoms with Crippen LogP contribution in [0.25, 0.3) is 10.2 Å². The minimum atomic E-state index is -3.58. The van der Waals surface area contributed by atoms with Gasteiger partial charge in [0.15, 0.2) is 4.80 Å². The quantitative estimate of drug-likeness (QED) is 0.560. The molecule has 1 saturated carbocycles. The van der Waals surface area contributed by atoms with Crippen molar-refractivity contribution in [2.75, 3.05) is 7.05 Å². The van der Waals surface area contributed by atoms with Crippen LogP contribution in [0.5, 0.6) is 0 Å². The maximum atomic E-state index is 13.0. The summed E-state index contributed by atoms with van der Waals surface area (Å²) in [5.41, 5.74) is 3.75. The first-order valence-corrected chi connectivity index (χ1v) is 13.2. The Bertz CT molecular complexity index is 1330. The number of sulfonamides is 1. The van der Waals surface area contributed by atoms with Gasteiger partial charge in [-0.3, -0.25) is 4.79 Å². The molecule has 1 fully saturated rings. The van der Waals surface area contributed by atoms with Gasteiger partial charge in [-0.2, -0.15) is 9.30 Å². The number of benzene rings is 2. The minimum Gasteiger partial charge on any atom is -0.319 e. The van der Waals surface area contributed by atoms with Gasteiger partial charge in [-0.15, -0.1) is 0 Å². The number of amides is 1. The highest BCUT2D eigenvalue weighted by Gasteiger charge is 2.29. The Kier molecular flexibility index (Phi) is 6.38. The van der Waals surface area contributed by atoms with Crippen LogP contribution in [0.15, 0.2) is 46.3 Å². The second-order valence-electron chi connectivity index (χ2n) is 8.63. The summed E-state index contributed by atoms with van der Waals surface area (Å²) in [6.45, 7) is 4.10. The van der Waals surface area contributed by atoms with Gasteiger partial charge in [-0.1, -0.05) is 36.7 Å². The number of hydrogen-bond acceptors (Lipinski definition) is 4. The summed E-state index contributed by atoms with van der Waals surface area (Å²) in [5.74, 6) is -0.383. The summed E-state index contributed by atoms with van der Waals surface area (Å²) in [4.78, 5) is 18.0. The molecule has 1 aromatic heterocycles. The zero-order valence-electron chi connectivity index (χ0n) is 19.0. The van der Waals surface area contributed by atoms with Crippen molar-refractivity contribution in [1.29, 1.82) is 0 Å². The fourth-order valence-corrected chi connectivity index (χ4v) is 7.13. The largest absolute Gasteiger partial charge is 0.319 e. The number of fused-ring (bicyclic) bond motifs is 1. The van der Waals surface area contributed by atoms with Crippen molar-refractivity contribution in [3.8, 4) is 0 Å². The lowest BCUT2D eigenvalue weighted by Crippen LogP contribution is -2.38. The van der Waals surface area contributed by atoms with Gasteiger partial charge in [0.2, 0.25) is 10.0 Å². The molecule has 4 rings (SSSR count). The first-order valence-electron chi connectivity index (χ1n) is 10.9. The maximum Gasteiger partial charge on any atom is 0.279 e. The third-order valence-corrected chi connectivity index (χ3v) is 9.30. The highest BCUT2D eigenvalue weighted by Crippen LogP contribution is 2.27. The Balaban J connectivity index is 1.61. The lowest BCUT2D eigenvalue weighted by atomic mass is 9.96. The molecule has 0 spiro atoms. The average Bonchev–Trinajstić information content (AvgIpc) is 3.08. The van der Waals surface area contributed by atoms with E-state index in [4.69, 9.17) is 0 Å². The van der Waals surface area contributed by atoms with Crippen LogP contribution in [0.2, 0.25) is 0 Å². The summed E-state index contributed by atoms with van der Waals surface area (Å²) in [6, 6.07) is 10.4. The molecule has 6 nitrogen and oxygen atoms in total. The highest BCUT2D eigenvalue weighted by molar-refractivity contribution is 7.89. The van der Waals surface area contributed by atoms with Crippen LogP contribution in [0.1, 0.15) is 53.6 Å². The van der Waals surface area contributed by atoms with Crippen molar-refractivity contribution in [1.82, 2.24) is 8.87 Å². The van der Waals surface area contributed by atoms with Crippen molar-refractivity contribution < 1.29 is 13.2 Å². The first kappa shape index (κ1) is 22.9. The Morgan fingerprint density at radius 1 is 1.09 bits per heavy atom. The van der Waals surface area contributed by atoms with Crippen LogP contribution < -0.4 is 4.80 Å². The van der Waals surface area contributed by atoms with E-state index in [0.29, 0.717) is 10.4 Å². The smallest absolute Gasteiger partial charge is 0.279 e. The predicted molar refractivity (Wildman–Crippen MR) is 128 cm³/mol. The molecule has 1 aliphatic rings. The van der Waals surface area contributed by atoms with Gasteiger partial charge in [-0.05, 0) is 68.1 Å². The molecule has 8 heteroatoms. The van der Waals surface area contributed by atoms with Gasteiger partial charge in [-0.25, -0.2) is 8.42 Å². The zero-order chi connectivity index (χ0) is 23.0. The van der Waals surface area contributed by atoms with Gasteiger partial charge >= 0.3 is 0 Å². The number of thiazole rings is 1. The van der Waals surface area contributed by atoms with E-state index in [9.17, 15) is 13.2 Å². The second-order valence-corrected chi connectivity index (χ2v) is 11.6. The minimum absolute atomic E-state index is 0.0464. The van der Waals surface area contributed by atoms with E-state index < -0.39 is 10.0 Å². The fraction of sp³-hybridized carbons (Fsp3) is 0.417. The average molecular weight is 472 g/mol. The van der Waals surface area contributed by atoms with Crippen molar-refractivity contribution in [2.45, 2.75) is 56.9 Å². The fourth-order valence-electron chi connectivity index (χ4n) is 4.52. The van der Waals surface area contributed by atoms with Gasteiger partial charge in [0.1, 0.15) is 0 Å². The summed E-state index contributed by atoms with van der Waals surface area (Å²) in [6.07, 6.45) is 5.09. The molecular weight excluding hydrogens is 442 g/mol. The number of carbonyl (C=O) groups is 1. The number of carbonyl (C=O) groups excluding carboxylic acids is 1. The van der Waals surface area contributed by atoms with E-state index in [0.717, 1.165) is 41.5 Å². The van der Waals surface area contributed by atoms with E-state index in [1.807, 2.05) is 11.6 Å². The number of aryl methyl sites for hydroxylation is 3. The second kappa shape index (κ2) is 8.92. The predicted octanol–water partition coefficient (Wildman–Crippen LogP) is 4.55. The SMILES string of the molecule is Cc1cc(C)c2c(c1)sc(=NC(=O)c1ccc(S(=O)(=O)N(C)C3CCCCC3)cc1)n2C. The standard InChI is InChI=1S/C24H29N3O3S2/c1-16-14-17(2)22-21(15-16)31-24(26(22)3)25-23(28)18-10-12-20(13-11-18)32(29,30)27(4)19-8-6-5-7-9-19/h10-15,19H,5-9H2,1-4H3. The van der Waals surface area contributed by atoms with Crippen molar-refractivity contribution >= 4 is 37.5 Å². The molecule has 0 N–H and O–H groups in total. The Hall–Kier alpha value is -2.29. The zero-order valence-corrected chi connectivity index (χ0v) is 20.6. The number of rotatable bonds is 4. The number of aromatic nitrogens is 1. The molecule has 0 saturated heterocycles. The molecule has 3 aromatic rings. The van der Waals surface area contributed by atoms with Gasteiger partial charge < -0.3 is 4.57 Å². The molecule has 0 bridgehead atoms. The van der Waals surface area contributed by atoms with E-state index in [1.54, 1.807) is 19.2 Å². The van der Waals surface area contributed by atoms with Crippen LogP contribution >= 0.6 is 11.3 Å². The van der Waals surface area contributed by atoms with Crippen LogP contribution in [0.3, 0.4) is 0 Å². The number of hydrogen-bond donors (Lipinski definition) is 0. The molecule has 170 valence electrons. The number of nitrogens with zero attached hydrogens (tertiary/aromatic N) is 3. The van der Waals surface area contributed by atoms with E-state index in [1.165, 1.54) is 39.8 Å². The van der Waals surface area contributed by atoms with Gasteiger partial charge in [0.25, 0.3) is 5.91 Å². The van der Waals surface area contributed by atoms with Crippen LogP contribution in [-0.4, -0.2) is 36.3 Å². The summed E-state index contributed by atoms with van der Waals surface area (Å²) in [7, 11) is -0.0191. The molecule has 1 amide bonds. The molecule has 32 heavy (non-hydrogen) atoms. The third-order valence-electron chi connectivity index (χ3n) is 6.30. The lowest BCUT2D eigenvalue weighted by Gasteiger charge is -2.30. The topological polar surface area (TPSA) is 71.7 Å². The van der Waals surface area contributed by atoms with Crippen molar-refractivity contribution in [2.24, 2.45) is 12.0 Å². The van der Waals surface area contributed by atoms with Crippen LogP contribution in [0.4, 0.5) is 0 Å². The molecule has 2 aromatic carbocycles. The van der Waals surface area contributed by atoms with Gasteiger partial charge in [0.05, 0.1) is 15.1 Å². The Morgan fingerprint density at radius 3 is 2.41 bits per heavy atom. The Morgan fingerprint density at radius 2 is 1.75 bits per heavy atom. The molecule has 1 aliphatic carbocycles. The molecule has 0 unspecified atom stereocenters. The van der Waals surface area contributed by atoms with Crippen molar-refractivity contribution in [3.63, 3.8) is 0 Å². The summed E-state index contributed by atoms with van der Waals surface area (Å²) >= 11 is 1.48. The molecule has 0 aliphatic heterocycles.